The third kappa shape index (κ3) is 4.04. The Bertz CT molecular complexity index is 1040. The molecule has 2 aromatic heterocycles. The van der Waals surface area contributed by atoms with Crippen LogP contribution in [0.15, 0.2) is 53.3 Å². The monoisotopic (exact) mass is 417 g/mol. The Hall–Kier alpha value is -3.22. The van der Waals surface area contributed by atoms with Crippen molar-refractivity contribution in [2.45, 2.75) is 50.4 Å². The predicted octanol–water partition coefficient (Wildman–Crippen LogP) is 4.85. The van der Waals surface area contributed by atoms with Gasteiger partial charge in [0.2, 0.25) is 5.89 Å². The molecule has 3 aromatic rings. The number of carbonyl (C=O) groups excluding carboxylic acids is 1. The van der Waals surface area contributed by atoms with Crippen LogP contribution in [0.3, 0.4) is 0 Å². The van der Waals surface area contributed by atoms with E-state index in [0.29, 0.717) is 24.9 Å². The summed E-state index contributed by atoms with van der Waals surface area (Å²) in [5.74, 6) is 1.86. The molecule has 31 heavy (non-hydrogen) atoms. The minimum Gasteiger partial charge on any atom is -0.339 e. The van der Waals surface area contributed by atoms with Crippen LogP contribution >= 0.6 is 0 Å². The topological polar surface area (TPSA) is 84.2 Å². The molecular formula is C24H27N5O2. The van der Waals surface area contributed by atoms with E-state index in [1.54, 1.807) is 6.20 Å². The lowest BCUT2D eigenvalue weighted by molar-refractivity contribution is 0.221. The van der Waals surface area contributed by atoms with Gasteiger partial charge in [-0.15, -0.1) is 0 Å². The van der Waals surface area contributed by atoms with Crippen molar-refractivity contribution in [2.24, 2.45) is 0 Å². The molecule has 1 aliphatic heterocycles. The highest BCUT2D eigenvalue weighted by Gasteiger charge is 2.41. The average molecular weight is 418 g/mol. The lowest BCUT2D eigenvalue weighted by Crippen LogP contribution is -2.33. The summed E-state index contributed by atoms with van der Waals surface area (Å²) >= 11 is 0. The Kier molecular flexibility index (Phi) is 5.40. The van der Waals surface area contributed by atoms with Gasteiger partial charge in [0.05, 0.1) is 5.92 Å². The second-order valence-corrected chi connectivity index (χ2v) is 8.62. The van der Waals surface area contributed by atoms with E-state index >= 15 is 0 Å². The highest BCUT2D eigenvalue weighted by atomic mass is 16.5. The Morgan fingerprint density at radius 3 is 2.68 bits per heavy atom. The minimum absolute atomic E-state index is 0.0468. The Labute approximate surface area is 181 Å². The second kappa shape index (κ2) is 8.49. The van der Waals surface area contributed by atoms with Crippen LogP contribution in [-0.4, -0.2) is 39.1 Å². The molecule has 1 aromatic carbocycles. The molecule has 5 rings (SSSR count). The molecule has 0 bridgehead atoms. The van der Waals surface area contributed by atoms with Crippen molar-refractivity contribution in [3.05, 3.63) is 71.6 Å². The molecule has 7 nitrogen and oxygen atoms in total. The van der Waals surface area contributed by atoms with Crippen molar-refractivity contribution in [2.75, 3.05) is 18.4 Å². The zero-order valence-electron chi connectivity index (χ0n) is 17.7. The van der Waals surface area contributed by atoms with Crippen LogP contribution in [-0.2, 0) is 0 Å². The van der Waals surface area contributed by atoms with Crippen LogP contribution in [0.4, 0.5) is 10.5 Å². The smallest absolute Gasteiger partial charge is 0.321 e. The number of rotatable bonds is 4. The summed E-state index contributed by atoms with van der Waals surface area (Å²) in [7, 11) is 0. The van der Waals surface area contributed by atoms with Gasteiger partial charge < -0.3 is 14.7 Å². The summed E-state index contributed by atoms with van der Waals surface area (Å²) in [6.07, 6.45) is 8.34. The number of hydrogen-bond acceptors (Lipinski definition) is 5. The summed E-state index contributed by atoms with van der Waals surface area (Å²) in [4.78, 5) is 24.0. The van der Waals surface area contributed by atoms with Gasteiger partial charge in [-0.1, -0.05) is 42.3 Å². The van der Waals surface area contributed by atoms with Crippen LogP contribution in [0.25, 0.3) is 0 Å². The zero-order valence-corrected chi connectivity index (χ0v) is 17.7. The largest absolute Gasteiger partial charge is 0.339 e. The normalized spacial score (nSPS) is 21.5. The van der Waals surface area contributed by atoms with Gasteiger partial charge in [0.1, 0.15) is 0 Å². The fourth-order valence-corrected chi connectivity index (χ4v) is 4.81. The van der Waals surface area contributed by atoms with E-state index in [9.17, 15) is 4.79 Å². The van der Waals surface area contributed by atoms with E-state index in [1.165, 1.54) is 12.8 Å². The maximum absolute atomic E-state index is 13.1. The number of para-hydroxylation sites is 1. The number of hydrogen-bond donors (Lipinski definition) is 1. The summed E-state index contributed by atoms with van der Waals surface area (Å²) < 4.78 is 5.74. The van der Waals surface area contributed by atoms with E-state index < -0.39 is 0 Å². The molecule has 2 fully saturated rings. The van der Waals surface area contributed by atoms with Crippen molar-refractivity contribution in [3.8, 4) is 0 Å². The van der Waals surface area contributed by atoms with Gasteiger partial charge in [-0.2, -0.15) is 4.98 Å². The number of pyridine rings is 1. The van der Waals surface area contributed by atoms with Crippen molar-refractivity contribution >= 4 is 11.7 Å². The number of aromatic nitrogens is 3. The number of benzene rings is 1. The number of carbonyl (C=O) groups is 1. The number of amides is 2. The fourth-order valence-electron chi connectivity index (χ4n) is 4.81. The molecule has 7 heteroatoms. The third-order valence-corrected chi connectivity index (χ3v) is 6.60. The van der Waals surface area contributed by atoms with Gasteiger partial charge in [-0.05, 0) is 43.0 Å². The molecular weight excluding hydrogens is 390 g/mol. The maximum atomic E-state index is 13.1. The summed E-state index contributed by atoms with van der Waals surface area (Å²) in [5, 5.41) is 7.35. The molecule has 0 spiro atoms. The molecule has 2 aliphatic rings. The van der Waals surface area contributed by atoms with E-state index in [2.05, 4.69) is 21.5 Å². The van der Waals surface area contributed by atoms with E-state index in [0.717, 1.165) is 35.5 Å². The second-order valence-electron chi connectivity index (χ2n) is 8.62. The minimum atomic E-state index is -0.110. The third-order valence-electron chi connectivity index (χ3n) is 6.60. The molecule has 3 heterocycles. The zero-order chi connectivity index (χ0) is 21.2. The molecule has 160 valence electrons. The first-order valence-corrected chi connectivity index (χ1v) is 11.0. The maximum Gasteiger partial charge on any atom is 0.321 e. The summed E-state index contributed by atoms with van der Waals surface area (Å²) in [6, 6.07) is 11.7. The highest BCUT2D eigenvalue weighted by Crippen LogP contribution is 2.40. The number of urea groups is 1. The first kappa shape index (κ1) is 19.7. The number of nitrogens with one attached hydrogen (secondary N) is 1. The van der Waals surface area contributed by atoms with Gasteiger partial charge in [-0.25, -0.2) is 4.79 Å². The van der Waals surface area contributed by atoms with Crippen molar-refractivity contribution in [1.82, 2.24) is 20.0 Å². The van der Waals surface area contributed by atoms with Gasteiger partial charge in [0.25, 0.3) is 0 Å². The highest BCUT2D eigenvalue weighted by molar-refractivity contribution is 5.90. The van der Waals surface area contributed by atoms with Crippen LogP contribution in [0.1, 0.15) is 66.3 Å². The Morgan fingerprint density at radius 2 is 1.90 bits per heavy atom. The van der Waals surface area contributed by atoms with Gasteiger partial charge >= 0.3 is 6.03 Å². The first-order chi connectivity index (χ1) is 15.2. The van der Waals surface area contributed by atoms with Gasteiger partial charge in [0, 0.05) is 43.0 Å². The van der Waals surface area contributed by atoms with Crippen molar-refractivity contribution < 1.29 is 9.32 Å². The van der Waals surface area contributed by atoms with Crippen molar-refractivity contribution in [1.29, 1.82) is 0 Å². The molecule has 1 N–H and O–H groups in total. The Morgan fingerprint density at radius 1 is 1.10 bits per heavy atom. The van der Waals surface area contributed by atoms with Crippen LogP contribution in [0.2, 0.25) is 0 Å². The predicted molar refractivity (Wildman–Crippen MR) is 117 cm³/mol. The quantitative estimate of drug-likeness (QED) is 0.656. The molecule has 1 saturated heterocycles. The molecule has 2 amide bonds. The molecule has 2 atom stereocenters. The SMILES string of the molecule is Cc1ccccc1NC(=O)N1C[C@@H](c2cccnc2)[C@H](c2nc(C3CCCC3)no2)C1. The molecule has 1 saturated carbocycles. The number of likely N-dealkylation sites (tertiary alicyclic amines) is 1. The van der Waals surface area contributed by atoms with E-state index in [4.69, 9.17) is 9.51 Å². The van der Waals surface area contributed by atoms with Crippen molar-refractivity contribution in [3.63, 3.8) is 0 Å². The van der Waals surface area contributed by atoms with Gasteiger partial charge in [0.15, 0.2) is 5.82 Å². The number of aryl methyl sites for hydroxylation is 1. The lowest BCUT2D eigenvalue weighted by Gasteiger charge is -2.18. The van der Waals surface area contributed by atoms with E-state index in [1.807, 2.05) is 48.4 Å². The standard InChI is InChI=1S/C24H27N5O2/c1-16-7-2-5-11-21(16)26-24(30)29-14-19(18-10-6-12-25-13-18)20(15-29)23-27-22(28-31-23)17-8-3-4-9-17/h2,5-7,10-13,17,19-20H,3-4,8-9,14-15H2,1H3,(H,26,30)/t19-,20+/m0/s1. The number of anilines is 1. The molecule has 0 unspecified atom stereocenters. The molecule has 1 aliphatic carbocycles. The van der Waals surface area contributed by atoms with Crippen LogP contribution in [0.5, 0.6) is 0 Å². The first-order valence-electron chi connectivity index (χ1n) is 11.0. The Balaban J connectivity index is 1.39. The fraction of sp³-hybridized carbons (Fsp3) is 0.417. The van der Waals surface area contributed by atoms with E-state index in [-0.39, 0.29) is 17.9 Å². The number of nitrogens with zero attached hydrogens (tertiary/aromatic N) is 4. The summed E-state index contributed by atoms with van der Waals surface area (Å²) in [6.45, 7) is 3.10. The van der Waals surface area contributed by atoms with Gasteiger partial charge in [-0.3, -0.25) is 4.98 Å². The summed E-state index contributed by atoms with van der Waals surface area (Å²) in [5.41, 5.74) is 2.95. The molecule has 0 radical (unpaired) electrons. The average Bonchev–Trinajstić information content (AvgIpc) is 3.55. The lowest BCUT2D eigenvalue weighted by atomic mass is 9.90. The van der Waals surface area contributed by atoms with Crippen LogP contribution in [0, 0.1) is 6.92 Å². The van der Waals surface area contributed by atoms with Crippen LogP contribution < -0.4 is 5.32 Å².